The lowest BCUT2D eigenvalue weighted by Gasteiger charge is -2.20. The molecule has 0 saturated carbocycles. The van der Waals surface area contributed by atoms with Gasteiger partial charge in [0.1, 0.15) is 5.82 Å². The molecule has 0 radical (unpaired) electrons. The highest BCUT2D eigenvalue weighted by atomic mass is 19.1. The van der Waals surface area contributed by atoms with Gasteiger partial charge in [0.05, 0.1) is 0 Å². The third-order valence-electron chi connectivity index (χ3n) is 3.73. The third kappa shape index (κ3) is 3.05. The van der Waals surface area contributed by atoms with Crippen molar-refractivity contribution < 1.29 is 9.18 Å². The van der Waals surface area contributed by atoms with E-state index in [-0.39, 0.29) is 17.8 Å². The van der Waals surface area contributed by atoms with Gasteiger partial charge in [-0.1, -0.05) is 12.1 Å². The van der Waals surface area contributed by atoms with Crippen molar-refractivity contribution in [3.63, 3.8) is 0 Å². The molecule has 0 unspecified atom stereocenters. The molecule has 2 aromatic carbocycles. The van der Waals surface area contributed by atoms with Crippen LogP contribution in [0.4, 0.5) is 15.8 Å². The first-order valence-corrected chi connectivity index (χ1v) is 7.06. The summed E-state index contributed by atoms with van der Waals surface area (Å²) in [5.74, 6) is -0.161. The quantitative estimate of drug-likeness (QED) is 0.898. The number of amides is 1. The average Bonchev–Trinajstić information content (AvgIpc) is 2.47. The Kier molecular flexibility index (Phi) is 3.60. The normalized spacial score (nSPS) is 15.0. The fourth-order valence-corrected chi connectivity index (χ4v) is 2.58. The van der Waals surface area contributed by atoms with E-state index in [4.69, 9.17) is 0 Å². The highest BCUT2D eigenvalue weighted by Crippen LogP contribution is 2.27. The summed E-state index contributed by atoms with van der Waals surface area (Å²) in [4.78, 5) is 11.3. The van der Waals surface area contributed by atoms with Gasteiger partial charge in [0, 0.05) is 23.8 Å². The Balaban J connectivity index is 1.77. The largest absolute Gasteiger partial charge is 0.379 e. The Morgan fingerprint density at radius 2 is 2.05 bits per heavy atom. The Morgan fingerprint density at radius 3 is 2.86 bits per heavy atom. The van der Waals surface area contributed by atoms with Crippen LogP contribution in [0.1, 0.15) is 30.5 Å². The topological polar surface area (TPSA) is 41.1 Å². The van der Waals surface area contributed by atoms with E-state index in [2.05, 4.69) is 10.6 Å². The molecule has 0 bridgehead atoms. The van der Waals surface area contributed by atoms with Crippen LogP contribution in [0.15, 0.2) is 42.5 Å². The fourth-order valence-electron chi connectivity index (χ4n) is 2.58. The van der Waals surface area contributed by atoms with E-state index in [9.17, 15) is 9.18 Å². The summed E-state index contributed by atoms with van der Waals surface area (Å²) in [5.41, 5.74) is 3.89. The number of nitrogens with one attached hydrogen (secondary N) is 2. The van der Waals surface area contributed by atoms with Crippen LogP contribution in [0.2, 0.25) is 0 Å². The molecule has 21 heavy (non-hydrogen) atoms. The first-order valence-electron chi connectivity index (χ1n) is 7.06. The number of benzene rings is 2. The smallest absolute Gasteiger partial charge is 0.224 e. The summed E-state index contributed by atoms with van der Waals surface area (Å²) in [7, 11) is 0. The number of hydrogen-bond donors (Lipinski definition) is 2. The van der Waals surface area contributed by atoms with Crippen LogP contribution in [0.25, 0.3) is 0 Å². The van der Waals surface area contributed by atoms with Crippen LogP contribution < -0.4 is 10.6 Å². The molecule has 1 atom stereocenters. The first kappa shape index (κ1) is 13.6. The number of carbonyl (C=O) groups is 1. The minimum Gasteiger partial charge on any atom is -0.379 e. The molecule has 1 aliphatic rings. The van der Waals surface area contributed by atoms with Crippen molar-refractivity contribution >= 4 is 17.3 Å². The van der Waals surface area contributed by atoms with Crippen LogP contribution in [0.5, 0.6) is 0 Å². The molecular weight excluding hydrogens is 267 g/mol. The lowest BCUT2D eigenvalue weighted by molar-refractivity contribution is -0.116. The zero-order chi connectivity index (χ0) is 14.8. The monoisotopic (exact) mass is 284 g/mol. The van der Waals surface area contributed by atoms with Crippen LogP contribution in [0.3, 0.4) is 0 Å². The van der Waals surface area contributed by atoms with E-state index in [0.717, 1.165) is 28.9 Å². The molecule has 3 rings (SSSR count). The number of fused-ring (bicyclic) bond motifs is 1. The lowest BCUT2D eigenvalue weighted by Crippen LogP contribution is -2.19. The number of rotatable bonds is 3. The van der Waals surface area contributed by atoms with Gasteiger partial charge < -0.3 is 10.6 Å². The average molecular weight is 284 g/mol. The zero-order valence-electron chi connectivity index (χ0n) is 11.8. The van der Waals surface area contributed by atoms with Crippen molar-refractivity contribution in [3.8, 4) is 0 Å². The summed E-state index contributed by atoms with van der Waals surface area (Å²) in [5, 5.41) is 6.23. The predicted molar refractivity (Wildman–Crippen MR) is 81.8 cm³/mol. The van der Waals surface area contributed by atoms with Gasteiger partial charge in [-0.3, -0.25) is 4.79 Å². The molecule has 0 aromatic heterocycles. The predicted octanol–water partition coefficient (Wildman–Crippen LogP) is 3.88. The second-order valence-corrected chi connectivity index (χ2v) is 5.34. The summed E-state index contributed by atoms with van der Waals surface area (Å²) < 4.78 is 13.3. The van der Waals surface area contributed by atoms with Crippen LogP contribution in [0, 0.1) is 5.82 Å². The van der Waals surface area contributed by atoms with E-state index < -0.39 is 0 Å². The maximum absolute atomic E-state index is 13.3. The molecule has 1 aliphatic heterocycles. The summed E-state index contributed by atoms with van der Waals surface area (Å²) >= 11 is 0. The van der Waals surface area contributed by atoms with Gasteiger partial charge in [0.15, 0.2) is 0 Å². The second-order valence-electron chi connectivity index (χ2n) is 5.34. The van der Waals surface area contributed by atoms with Gasteiger partial charge in [-0.05, 0) is 54.8 Å². The van der Waals surface area contributed by atoms with Crippen LogP contribution >= 0.6 is 0 Å². The Morgan fingerprint density at radius 1 is 1.19 bits per heavy atom. The first-order chi connectivity index (χ1) is 10.1. The molecule has 1 amide bonds. The Labute approximate surface area is 123 Å². The molecule has 0 saturated heterocycles. The highest BCUT2D eigenvalue weighted by molar-refractivity contribution is 5.94. The molecule has 0 fully saturated rings. The Hall–Kier alpha value is -2.36. The van der Waals surface area contributed by atoms with Crippen molar-refractivity contribution in [2.24, 2.45) is 0 Å². The SMILES string of the molecule is C[C@@H](Nc1ccc2c(c1)CCC(=O)N2)c1cccc(F)c1. The van der Waals surface area contributed by atoms with E-state index in [1.54, 1.807) is 6.07 Å². The highest BCUT2D eigenvalue weighted by Gasteiger charge is 2.15. The van der Waals surface area contributed by atoms with Gasteiger partial charge in [0.2, 0.25) is 5.91 Å². The van der Waals surface area contributed by atoms with E-state index in [1.165, 1.54) is 12.1 Å². The van der Waals surface area contributed by atoms with Crippen molar-refractivity contribution in [1.82, 2.24) is 0 Å². The van der Waals surface area contributed by atoms with Crippen molar-refractivity contribution in [1.29, 1.82) is 0 Å². The number of hydrogen-bond acceptors (Lipinski definition) is 2. The minimum atomic E-state index is -0.227. The summed E-state index contributed by atoms with van der Waals surface area (Å²) in [6.45, 7) is 2.00. The van der Waals surface area contributed by atoms with Gasteiger partial charge in [-0.15, -0.1) is 0 Å². The van der Waals surface area contributed by atoms with Gasteiger partial charge in [0.25, 0.3) is 0 Å². The number of aryl methyl sites for hydroxylation is 1. The molecule has 2 aromatic rings. The van der Waals surface area contributed by atoms with Gasteiger partial charge in [-0.2, -0.15) is 0 Å². The molecule has 108 valence electrons. The van der Waals surface area contributed by atoms with Gasteiger partial charge in [-0.25, -0.2) is 4.39 Å². The molecule has 1 heterocycles. The maximum Gasteiger partial charge on any atom is 0.224 e. The fraction of sp³-hybridized carbons (Fsp3) is 0.235. The lowest BCUT2D eigenvalue weighted by atomic mass is 10.0. The third-order valence-corrected chi connectivity index (χ3v) is 3.73. The van der Waals surface area contributed by atoms with Gasteiger partial charge >= 0.3 is 0 Å². The zero-order valence-corrected chi connectivity index (χ0v) is 11.8. The summed E-state index contributed by atoms with van der Waals surface area (Å²) in [6.07, 6.45) is 1.28. The van der Waals surface area contributed by atoms with Crippen LogP contribution in [-0.4, -0.2) is 5.91 Å². The number of halogens is 1. The minimum absolute atomic E-state index is 0.0110. The van der Waals surface area contributed by atoms with Crippen LogP contribution in [-0.2, 0) is 11.2 Å². The standard InChI is InChI=1S/C17H17FN2O/c1-11(12-3-2-4-14(18)9-12)19-15-6-7-16-13(10-15)5-8-17(21)20-16/h2-4,6-7,9-11,19H,5,8H2,1H3,(H,20,21)/t11-/m1/s1. The van der Waals surface area contributed by atoms with E-state index in [1.807, 2.05) is 31.2 Å². The van der Waals surface area contributed by atoms with Crippen molar-refractivity contribution in [2.75, 3.05) is 10.6 Å². The molecule has 0 aliphatic carbocycles. The molecule has 3 nitrogen and oxygen atoms in total. The maximum atomic E-state index is 13.3. The number of anilines is 2. The molecule has 0 spiro atoms. The van der Waals surface area contributed by atoms with Crippen molar-refractivity contribution in [2.45, 2.75) is 25.8 Å². The molecular formula is C17H17FN2O. The van der Waals surface area contributed by atoms with Crippen molar-refractivity contribution in [3.05, 3.63) is 59.4 Å². The summed E-state index contributed by atoms with van der Waals surface area (Å²) in [6, 6.07) is 12.5. The second kappa shape index (κ2) is 5.56. The molecule has 2 N–H and O–H groups in total. The van der Waals surface area contributed by atoms with E-state index in [0.29, 0.717) is 6.42 Å². The molecule has 4 heteroatoms. The van der Waals surface area contributed by atoms with E-state index >= 15 is 0 Å². The number of carbonyl (C=O) groups excluding carboxylic acids is 1. The Bertz CT molecular complexity index is 684.